The molecule has 7 heteroatoms. The number of amides is 1. The molecule has 0 atom stereocenters. The number of anilines is 1. The van der Waals surface area contributed by atoms with E-state index in [1.807, 2.05) is 30.3 Å². The minimum Gasteiger partial charge on any atom is -0.496 e. The van der Waals surface area contributed by atoms with Gasteiger partial charge in [0, 0.05) is 39.2 Å². The van der Waals surface area contributed by atoms with Gasteiger partial charge in [0.15, 0.2) is 0 Å². The fourth-order valence-corrected chi connectivity index (χ4v) is 3.85. The molecule has 0 bridgehead atoms. The number of carbonyl (C=O) groups excluding carboxylic acids is 1. The molecule has 0 unspecified atom stereocenters. The molecule has 0 spiro atoms. The predicted molar refractivity (Wildman–Crippen MR) is 125 cm³/mol. The zero-order valence-corrected chi connectivity index (χ0v) is 18.8. The molecule has 0 aliphatic rings. The van der Waals surface area contributed by atoms with Crippen molar-refractivity contribution in [1.82, 2.24) is 0 Å². The molecule has 0 saturated heterocycles. The van der Waals surface area contributed by atoms with Gasteiger partial charge in [0.2, 0.25) is 5.91 Å². The summed E-state index contributed by atoms with van der Waals surface area (Å²) in [7, 11) is 1.53. The standard InChI is InChI=1S/C25H18BrF2NO3/c1-14(8-25(30)29-22-10-17(27)6-7-21(22)28)18-11-19-20(15-4-3-5-16(26)9-15)13-32-24(19)12-23(18)31-2/h3-13H,1-2H3,(H,29,30)/b14-8+. The summed E-state index contributed by atoms with van der Waals surface area (Å²) in [5.74, 6) is -1.43. The Labute approximate surface area is 191 Å². The minimum absolute atomic E-state index is 0.228. The number of hydrogen-bond acceptors (Lipinski definition) is 3. The number of nitrogens with one attached hydrogen (secondary N) is 1. The van der Waals surface area contributed by atoms with E-state index in [9.17, 15) is 13.6 Å². The normalized spacial score (nSPS) is 11.6. The van der Waals surface area contributed by atoms with Gasteiger partial charge in [-0.3, -0.25) is 4.79 Å². The van der Waals surface area contributed by atoms with Gasteiger partial charge in [-0.1, -0.05) is 28.1 Å². The van der Waals surface area contributed by atoms with E-state index >= 15 is 0 Å². The maximum absolute atomic E-state index is 13.8. The second kappa shape index (κ2) is 8.96. The highest BCUT2D eigenvalue weighted by Crippen LogP contribution is 2.38. The van der Waals surface area contributed by atoms with Crippen LogP contribution in [0.5, 0.6) is 5.75 Å². The Hall–Kier alpha value is -3.45. The van der Waals surface area contributed by atoms with E-state index in [1.54, 1.807) is 19.3 Å². The Morgan fingerprint density at radius 2 is 1.94 bits per heavy atom. The van der Waals surface area contributed by atoms with Crippen molar-refractivity contribution < 1.29 is 22.7 Å². The van der Waals surface area contributed by atoms with Crippen molar-refractivity contribution in [3.8, 4) is 16.9 Å². The summed E-state index contributed by atoms with van der Waals surface area (Å²) in [6.07, 6.45) is 2.99. The fraction of sp³-hybridized carbons (Fsp3) is 0.0800. The summed E-state index contributed by atoms with van der Waals surface area (Å²) in [5.41, 5.74) is 3.53. The largest absolute Gasteiger partial charge is 0.496 e. The topological polar surface area (TPSA) is 51.5 Å². The van der Waals surface area contributed by atoms with Gasteiger partial charge < -0.3 is 14.5 Å². The molecule has 1 amide bonds. The summed E-state index contributed by atoms with van der Waals surface area (Å²) >= 11 is 3.48. The zero-order chi connectivity index (χ0) is 22.8. The number of furan rings is 1. The van der Waals surface area contributed by atoms with Crippen LogP contribution < -0.4 is 10.1 Å². The highest BCUT2D eigenvalue weighted by molar-refractivity contribution is 9.10. The van der Waals surface area contributed by atoms with Crippen LogP contribution >= 0.6 is 15.9 Å². The van der Waals surface area contributed by atoms with E-state index < -0.39 is 17.5 Å². The summed E-state index contributed by atoms with van der Waals surface area (Å²) in [5, 5.41) is 3.22. The van der Waals surface area contributed by atoms with Crippen molar-refractivity contribution in [3.63, 3.8) is 0 Å². The lowest BCUT2D eigenvalue weighted by molar-refractivity contribution is -0.111. The Kier molecular flexibility index (Phi) is 6.10. The molecule has 32 heavy (non-hydrogen) atoms. The van der Waals surface area contributed by atoms with Gasteiger partial charge in [-0.25, -0.2) is 8.78 Å². The molecule has 0 aliphatic carbocycles. The van der Waals surface area contributed by atoms with Crippen molar-refractivity contribution in [2.75, 3.05) is 12.4 Å². The number of ether oxygens (including phenoxy) is 1. The van der Waals surface area contributed by atoms with Gasteiger partial charge in [0.1, 0.15) is 23.0 Å². The number of allylic oxidation sites excluding steroid dienone is 1. The maximum Gasteiger partial charge on any atom is 0.248 e. The third-order valence-electron chi connectivity index (χ3n) is 4.99. The van der Waals surface area contributed by atoms with Gasteiger partial charge in [-0.15, -0.1) is 0 Å². The Bertz CT molecular complexity index is 1360. The van der Waals surface area contributed by atoms with Gasteiger partial charge in [-0.2, -0.15) is 0 Å². The molecular weight excluding hydrogens is 480 g/mol. The lowest BCUT2D eigenvalue weighted by Crippen LogP contribution is -2.10. The number of fused-ring (bicyclic) bond motifs is 1. The molecule has 4 rings (SSSR count). The first kappa shape index (κ1) is 21.8. The van der Waals surface area contributed by atoms with Crippen LogP contribution in [0.1, 0.15) is 12.5 Å². The van der Waals surface area contributed by atoms with Crippen molar-refractivity contribution >= 4 is 44.1 Å². The van der Waals surface area contributed by atoms with Gasteiger partial charge in [0.25, 0.3) is 0 Å². The molecule has 3 aromatic carbocycles. The summed E-state index contributed by atoms with van der Waals surface area (Å²) in [4.78, 5) is 12.5. The number of halogens is 3. The fourth-order valence-electron chi connectivity index (χ4n) is 3.45. The van der Waals surface area contributed by atoms with Crippen LogP contribution in [0.4, 0.5) is 14.5 Å². The van der Waals surface area contributed by atoms with Crippen LogP contribution in [0.3, 0.4) is 0 Å². The van der Waals surface area contributed by atoms with E-state index in [2.05, 4.69) is 21.2 Å². The first-order chi connectivity index (χ1) is 15.4. The second-order valence-corrected chi connectivity index (χ2v) is 8.06. The number of benzene rings is 3. The number of carbonyl (C=O) groups is 1. The third kappa shape index (κ3) is 4.43. The van der Waals surface area contributed by atoms with Crippen LogP contribution in [-0.2, 0) is 4.79 Å². The van der Waals surface area contributed by atoms with Crippen LogP contribution in [0, 0.1) is 11.6 Å². The Morgan fingerprint density at radius 3 is 2.69 bits per heavy atom. The Balaban J connectivity index is 1.72. The van der Waals surface area contributed by atoms with E-state index in [0.29, 0.717) is 22.5 Å². The number of methoxy groups -OCH3 is 1. The Morgan fingerprint density at radius 1 is 1.12 bits per heavy atom. The minimum atomic E-state index is -0.720. The molecule has 0 radical (unpaired) electrons. The van der Waals surface area contributed by atoms with Crippen LogP contribution in [0.2, 0.25) is 0 Å². The van der Waals surface area contributed by atoms with Crippen LogP contribution in [0.25, 0.3) is 27.7 Å². The highest BCUT2D eigenvalue weighted by atomic mass is 79.9. The molecule has 162 valence electrons. The smallest absolute Gasteiger partial charge is 0.248 e. The lowest BCUT2D eigenvalue weighted by atomic mass is 9.99. The molecule has 0 saturated carbocycles. The molecular formula is C25H18BrF2NO3. The third-order valence-corrected chi connectivity index (χ3v) is 5.48. The second-order valence-electron chi connectivity index (χ2n) is 7.15. The van der Waals surface area contributed by atoms with Gasteiger partial charge in [0.05, 0.1) is 19.1 Å². The van der Waals surface area contributed by atoms with Crippen LogP contribution in [-0.4, -0.2) is 13.0 Å². The molecule has 0 aliphatic heterocycles. The van der Waals surface area contributed by atoms with Crippen molar-refractivity contribution in [3.05, 3.63) is 88.6 Å². The van der Waals surface area contributed by atoms with Crippen LogP contribution in [0.15, 0.2) is 75.8 Å². The number of hydrogen-bond donors (Lipinski definition) is 1. The monoisotopic (exact) mass is 497 g/mol. The highest BCUT2D eigenvalue weighted by Gasteiger charge is 2.15. The molecule has 1 N–H and O–H groups in total. The molecule has 4 nitrogen and oxygen atoms in total. The van der Waals surface area contributed by atoms with Crippen molar-refractivity contribution in [1.29, 1.82) is 0 Å². The maximum atomic E-state index is 13.8. The first-order valence-corrected chi connectivity index (χ1v) is 10.4. The lowest BCUT2D eigenvalue weighted by Gasteiger charge is -2.10. The summed E-state index contributed by atoms with van der Waals surface area (Å²) < 4.78 is 39.4. The SMILES string of the molecule is COc1cc2occ(-c3cccc(Br)c3)c2cc1/C(C)=C/C(=O)Nc1cc(F)ccc1F. The van der Waals surface area contributed by atoms with E-state index in [1.165, 1.54) is 13.2 Å². The van der Waals surface area contributed by atoms with Crippen molar-refractivity contribution in [2.24, 2.45) is 0 Å². The molecule has 4 aromatic rings. The molecule has 1 heterocycles. The van der Waals surface area contributed by atoms with Gasteiger partial charge in [-0.05, 0) is 48.4 Å². The quantitative estimate of drug-likeness (QED) is 0.297. The van der Waals surface area contributed by atoms with E-state index in [0.717, 1.165) is 39.2 Å². The summed E-state index contributed by atoms with van der Waals surface area (Å²) in [6.45, 7) is 1.74. The summed E-state index contributed by atoms with van der Waals surface area (Å²) in [6, 6.07) is 14.3. The predicted octanol–water partition coefficient (Wildman–Crippen LogP) is 7.19. The number of rotatable bonds is 5. The molecule has 1 aromatic heterocycles. The van der Waals surface area contributed by atoms with Crippen molar-refractivity contribution in [2.45, 2.75) is 6.92 Å². The average molecular weight is 498 g/mol. The van der Waals surface area contributed by atoms with Gasteiger partial charge >= 0.3 is 0 Å². The zero-order valence-electron chi connectivity index (χ0n) is 17.2. The average Bonchev–Trinajstić information content (AvgIpc) is 3.18. The van der Waals surface area contributed by atoms with E-state index in [-0.39, 0.29) is 5.69 Å². The first-order valence-electron chi connectivity index (χ1n) is 9.65. The van der Waals surface area contributed by atoms with E-state index in [4.69, 9.17) is 9.15 Å². The molecule has 0 fully saturated rings.